The van der Waals surface area contributed by atoms with Gasteiger partial charge in [-0.25, -0.2) is 8.42 Å². The van der Waals surface area contributed by atoms with Gasteiger partial charge in [0, 0.05) is 32.0 Å². The van der Waals surface area contributed by atoms with Crippen LogP contribution >= 0.6 is 0 Å². The molecule has 0 spiro atoms. The molecule has 9 heteroatoms. The average Bonchev–Trinajstić information content (AvgIpc) is 3.29. The van der Waals surface area contributed by atoms with E-state index in [2.05, 4.69) is 10.2 Å². The quantitative estimate of drug-likeness (QED) is 0.698. The van der Waals surface area contributed by atoms with Gasteiger partial charge in [-0.2, -0.15) is 4.31 Å². The van der Waals surface area contributed by atoms with E-state index in [9.17, 15) is 13.2 Å². The number of amides is 1. The highest BCUT2D eigenvalue weighted by molar-refractivity contribution is 7.89. The third-order valence-electron chi connectivity index (χ3n) is 6.32. The van der Waals surface area contributed by atoms with Gasteiger partial charge in [0.1, 0.15) is 6.04 Å². The van der Waals surface area contributed by atoms with Crippen molar-refractivity contribution < 1.29 is 17.6 Å². The molecular formula is C22H30N4O4S. The van der Waals surface area contributed by atoms with Crippen LogP contribution in [0.4, 0.5) is 0 Å². The van der Waals surface area contributed by atoms with Crippen LogP contribution < -0.4 is 0 Å². The summed E-state index contributed by atoms with van der Waals surface area (Å²) in [7, 11) is -3.65. The van der Waals surface area contributed by atoms with Crippen LogP contribution in [0.3, 0.4) is 0 Å². The fraction of sp³-hybridized carbons (Fsp3) is 0.591. The molecule has 0 bridgehead atoms. The number of carbonyl (C=O) groups excluding carboxylic acids is 1. The topological polar surface area (TPSA) is 96.6 Å². The van der Waals surface area contributed by atoms with Crippen molar-refractivity contribution in [2.75, 3.05) is 19.6 Å². The Hall–Kier alpha value is -2.26. The molecule has 2 saturated heterocycles. The first-order valence-corrected chi connectivity index (χ1v) is 12.5. The number of hydrogen-bond donors (Lipinski definition) is 0. The fourth-order valence-electron chi connectivity index (χ4n) is 4.43. The first-order valence-electron chi connectivity index (χ1n) is 11.1. The highest BCUT2D eigenvalue weighted by Crippen LogP contribution is 2.36. The lowest BCUT2D eigenvalue weighted by molar-refractivity contribution is -0.131. The van der Waals surface area contributed by atoms with E-state index in [1.165, 1.54) is 4.31 Å². The van der Waals surface area contributed by atoms with E-state index < -0.39 is 16.1 Å². The van der Waals surface area contributed by atoms with Gasteiger partial charge in [-0.15, -0.1) is 10.2 Å². The summed E-state index contributed by atoms with van der Waals surface area (Å²) in [6.07, 6.45) is 4.47. The Morgan fingerprint density at radius 2 is 1.71 bits per heavy atom. The van der Waals surface area contributed by atoms with Gasteiger partial charge in [0.05, 0.1) is 4.90 Å². The Kier molecular flexibility index (Phi) is 6.43. The van der Waals surface area contributed by atoms with Crippen LogP contribution in [0.25, 0.3) is 0 Å². The SMILES string of the molecule is CCC(=O)N1CCC(c2nnc([C@H]3CCCCN3S(=O)(=O)c3ccc(C)cc3)o2)CC1. The zero-order chi connectivity index (χ0) is 22.0. The van der Waals surface area contributed by atoms with Crippen molar-refractivity contribution in [3.05, 3.63) is 41.6 Å². The lowest BCUT2D eigenvalue weighted by Gasteiger charge is -2.32. The molecule has 3 heterocycles. The molecule has 8 nitrogen and oxygen atoms in total. The van der Waals surface area contributed by atoms with E-state index in [1.54, 1.807) is 12.1 Å². The van der Waals surface area contributed by atoms with Crippen molar-refractivity contribution in [1.29, 1.82) is 0 Å². The maximum Gasteiger partial charge on any atom is 0.243 e. The van der Waals surface area contributed by atoms with Crippen LogP contribution in [0.2, 0.25) is 0 Å². The maximum atomic E-state index is 13.3. The maximum absolute atomic E-state index is 13.3. The molecule has 1 aromatic heterocycles. The van der Waals surface area contributed by atoms with Crippen LogP contribution in [0, 0.1) is 6.92 Å². The summed E-state index contributed by atoms with van der Waals surface area (Å²) in [5.41, 5.74) is 1.02. The Morgan fingerprint density at radius 3 is 2.39 bits per heavy atom. The molecule has 0 aliphatic carbocycles. The number of aryl methyl sites for hydroxylation is 1. The van der Waals surface area contributed by atoms with Crippen molar-refractivity contribution in [1.82, 2.24) is 19.4 Å². The summed E-state index contributed by atoms with van der Waals surface area (Å²) >= 11 is 0. The molecule has 1 atom stereocenters. The molecule has 0 N–H and O–H groups in total. The van der Waals surface area contributed by atoms with Gasteiger partial charge < -0.3 is 9.32 Å². The van der Waals surface area contributed by atoms with Gasteiger partial charge in [0.2, 0.25) is 27.7 Å². The number of nitrogens with zero attached hydrogens (tertiary/aromatic N) is 4. The lowest BCUT2D eigenvalue weighted by Crippen LogP contribution is -2.38. The number of likely N-dealkylation sites (tertiary alicyclic amines) is 1. The first kappa shape index (κ1) is 22.0. The molecule has 31 heavy (non-hydrogen) atoms. The van der Waals surface area contributed by atoms with Crippen molar-refractivity contribution in [3.63, 3.8) is 0 Å². The third kappa shape index (κ3) is 4.52. The molecule has 1 aromatic carbocycles. The Morgan fingerprint density at radius 1 is 1.03 bits per heavy atom. The largest absolute Gasteiger partial charge is 0.423 e. The number of sulfonamides is 1. The van der Waals surface area contributed by atoms with Crippen molar-refractivity contribution in [3.8, 4) is 0 Å². The molecule has 0 radical (unpaired) electrons. The lowest BCUT2D eigenvalue weighted by atomic mass is 9.96. The van der Waals surface area contributed by atoms with E-state index in [-0.39, 0.29) is 16.7 Å². The second-order valence-corrected chi connectivity index (χ2v) is 10.3. The van der Waals surface area contributed by atoms with Gasteiger partial charge in [-0.1, -0.05) is 31.0 Å². The zero-order valence-electron chi connectivity index (χ0n) is 18.2. The summed E-state index contributed by atoms with van der Waals surface area (Å²) in [4.78, 5) is 14.1. The molecule has 1 amide bonds. The molecule has 2 aliphatic heterocycles. The molecule has 2 aliphatic rings. The molecule has 0 saturated carbocycles. The van der Waals surface area contributed by atoms with Crippen LogP contribution in [0.5, 0.6) is 0 Å². The Balaban J connectivity index is 1.51. The van der Waals surface area contributed by atoms with E-state index in [4.69, 9.17) is 4.42 Å². The minimum atomic E-state index is -3.65. The predicted molar refractivity (Wildman–Crippen MR) is 115 cm³/mol. The van der Waals surface area contributed by atoms with Crippen molar-refractivity contribution in [2.45, 2.75) is 69.2 Å². The number of hydrogen-bond acceptors (Lipinski definition) is 6. The van der Waals surface area contributed by atoms with Crippen LogP contribution in [-0.4, -0.2) is 53.4 Å². The van der Waals surface area contributed by atoms with Gasteiger partial charge in [-0.3, -0.25) is 4.79 Å². The number of carbonyl (C=O) groups is 1. The zero-order valence-corrected chi connectivity index (χ0v) is 19.0. The number of benzene rings is 1. The summed E-state index contributed by atoms with van der Waals surface area (Å²) < 4.78 is 34.2. The summed E-state index contributed by atoms with van der Waals surface area (Å²) in [5, 5.41) is 8.52. The highest BCUT2D eigenvalue weighted by Gasteiger charge is 2.38. The normalized spacial score (nSPS) is 21.4. The third-order valence-corrected chi connectivity index (χ3v) is 8.24. The van der Waals surface area contributed by atoms with E-state index >= 15 is 0 Å². The second kappa shape index (κ2) is 9.08. The molecule has 2 fully saturated rings. The highest BCUT2D eigenvalue weighted by atomic mass is 32.2. The predicted octanol–water partition coefficient (Wildman–Crippen LogP) is 3.41. The van der Waals surface area contributed by atoms with Crippen LogP contribution in [0.15, 0.2) is 33.6 Å². The number of piperidine rings is 2. The summed E-state index contributed by atoms with van der Waals surface area (Å²) in [6.45, 7) is 5.62. The molecule has 0 unspecified atom stereocenters. The van der Waals surface area contributed by atoms with Crippen molar-refractivity contribution in [2.24, 2.45) is 0 Å². The molecule has 2 aromatic rings. The fourth-order valence-corrected chi connectivity index (χ4v) is 6.08. The van der Waals surface area contributed by atoms with Crippen LogP contribution in [-0.2, 0) is 14.8 Å². The van der Waals surface area contributed by atoms with Gasteiger partial charge in [0.15, 0.2) is 0 Å². The average molecular weight is 447 g/mol. The van der Waals surface area contributed by atoms with Crippen LogP contribution in [0.1, 0.15) is 74.8 Å². The molecule has 4 rings (SSSR count). The number of aromatic nitrogens is 2. The van der Waals surface area contributed by atoms with Gasteiger partial charge in [0.25, 0.3) is 0 Å². The smallest absolute Gasteiger partial charge is 0.243 e. The minimum Gasteiger partial charge on any atom is -0.423 e. The second-order valence-electron chi connectivity index (χ2n) is 8.43. The Bertz CT molecular complexity index is 1010. The molecule has 168 valence electrons. The standard InChI is InChI=1S/C22H30N4O4S/c1-3-20(27)25-14-11-17(12-15-25)21-23-24-22(30-21)19-6-4-5-13-26(19)31(28,29)18-9-7-16(2)8-10-18/h7-10,17,19H,3-6,11-15H2,1-2H3/t19-/m1/s1. The van der Waals surface area contributed by atoms with Gasteiger partial charge in [-0.05, 0) is 44.7 Å². The van der Waals surface area contributed by atoms with E-state index in [0.29, 0.717) is 44.3 Å². The molecular weight excluding hydrogens is 416 g/mol. The number of rotatable bonds is 5. The van der Waals surface area contributed by atoms with Crippen molar-refractivity contribution >= 4 is 15.9 Å². The first-order chi connectivity index (χ1) is 14.9. The Labute approximate surface area is 183 Å². The van der Waals surface area contributed by atoms with Gasteiger partial charge >= 0.3 is 0 Å². The van der Waals surface area contributed by atoms with E-state index in [1.807, 2.05) is 30.9 Å². The summed E-state index contributed by atoms with van der Waals surface area (Å²) in [6, 6.07) is 6.49. The summed E-state index contributed by atoms with van der Waals surface area (Å²) in [5.74, 6) is 1.20. The van der Waals surface area contributed by atoms with E-state index in [0.717, 1.165) is 31.2 Å². The minimum absolute atomic E-state index is 0.105. The monoisotopic (exact) mass is 446 g/mol.